The summed E-state index contributed by atoms with van der Waals surface area (Å²) in [6.45, 7) is 0. The van der Waals surface area contributed by atoms with E-state index in [9.17, 15) is 9.18 Å². The summed E-state index contributed by atoms with van der Waals surface area (Å²) in [7, 11) is 0. The minimum Gasteiger partial charge on any atom is -0.478 e. The Labute approximate surface area is 62.2 Å². The predicted octanol–water partition coefficient (Wildman–Crippen LogP) is -0.304. The van der Waals surface area contributed by atoms with Gasteiger partial charge in [0.2, 0.25) is 0 Å². The van der Waals surface area contributed by atoms with Gasteiger partial charge in [-0.3, -0.25) is 5.73 Å². The van der Waals surface area contributed by atoms with Crippen LogP contribution in [0.25, 0.3) is 0 Å². The number of aliphatic carboxylic acids is 1. The third-order valence-corrected chi connectivity index (χ3v) is 1.18. The molecule has 1 atom stereocenters. The molecule has 0 fully saturated rings. The Morgan fingerprint density at radius 1 is 1.82 bits per heavy atom. The first-order valence-corrected chi connectivity index (χ1v) is 2.89. The summed E-state index contributed by atoms with van der Waals surface area (Å²) in [5, 5.41) is 10.5. The highest BCUT2D eigenvalue weighted by Gasteiger charge is 2.23. The van der Waals surface area contributed by atoms with Gasteiger partial charge >= 0.3 is 5.97 Å². The standard InChI is InChI=1S/C6H7FN2O2/c7-6(8)3-4(5(10)11)1-2-9-6/h1-3,9H,8H2,(H,10,11). The molecule has 1 heterocycles. The minimum atomic E-state index is -2.25. The van der Waals surface area contributed by atoms with Crippen molar-refractivity contribution in [1.29, 1.82) is 0 Å². The summed E-state index contributed by atoms with van der Waals surface area (Å²) in [4.78, 5) is 10.3. The molecule has 0 bridgehead atoms. The lowest BCUT2D eigenvalue weighted by Crippen LogP contribution is -2.46. The predicted molar refractivity (Wildman–Crippen MR) is 36.0 cm³/mol. The topological polar surface area (TPSA) is 75.4 Å². The summed E-state index contributed by atoms with van der Waals surface area (Å²) in [6.07, 6.45) is 3.19. The molecule has 0 aromatic rings. The van der Waals surface area contributed by atoms with E-state index in [0.29, 0.717) is 0 Å². The van der Waals surface area contributed by atoms with Crippen LogP contribution in [0.3, 0.4) is 0 Å². The molecule has 0 radical (unpaired) electrons. The average Bonchev–Trinajstić information content (AvgIpc) is 1.85. The maximum Gasteiger partial charge on any atom is 0.335 e. The van der Waals surface area contributed by atoms with E-state index in [0.717, 1.165) is 12.3 Å². The minimum absolute atomic E-state index is 0.159. The molecule has 0 saturated heterocycles. The number of nitrogens with two attached hydrogens (primary N) is 1. The Kier molecular flexibility index (Phi) is 1.66. The molecule has 0 amide bonds. The first-order valence-electron chi connectivity index (χ1n) is 2.89. The van der Waals surface area contributed by atoms with Gasteiger partial charge in [-0.1, -0.05) is 0 Å². The van der Waals surface area contributed by atoms with Crippen LogP contribution in [-0.4, -0.2) is 17.0 Å². The second-order valence-electron chi connectivity index (χ2n) is 2.15. The molecule has 4 N–H and O–H groups in total. The van der Waals surface area contributed by atoms with Gasteiger partial charge in [-0.15, -0.1) is 0 Å². The van der Waals surface area contributed by atoms with Crippen LogP contribution < -0.4 is 11.1 Å². The molecule has 60 valence electrons. The molecular weight excluding hydrogens is 151 g/mol. The van der Waals surface area contributed by atoms with Gasteiger partial charge < -0.3 is 10.4 Å². The van der Waals surface area contributed by atoms with E-state index >= 15 is 0 Å². The molecule has 1 rings (SSSR count). The van der Waals surface area contributed by atoms with Crippen molar-refractivity contribution < 1.29 is 14.3 Å². The smallest absolute Gasteiger partial charge is 0.335 e. The fourth-order valence-electron chi connectivity index (χ4n) is 0.708. The fraction of sp³-hybridized carbons (Fsp3) is 0.167. The lowest BCUT2D eigenvalue weighted by molar-refractivity contribution is -0.132. The SMILES string of the molecule is NC1(F)C=C(C(=O)O)C=CN1. The Hall–Kier alpha value is -1.36. The zero-order valence-corrected chi connectivity index (χ0v) is 5.54. The van der Waals surface area contributed by atoms with Gasteiger partial charge in [0, 0.05) is 12.3 Å². The van der Waals surface area contributed by atoms with Gasteiger partial charge in [-0.25, -0.2) is 4.79 Å². The van der Waals surface area contributed by atoms with E-state index in [-0.39, 0.29) is 5.57 Å². The van der Waals surface area contributed by atoms with Crippen LogP contribution in [0.2, 0.25) is 0 Å². The molecule has 0 aromatic heterocycles. The first kappa shape index (κ1) is 7.74. The van der Waals surface area contributed by atoms with E-state index in [2.05, 4.69) is 5.32 Å². The van der Waals surface area contributed by atoms with E-state index in [1.165, 1.54) is 6.08 Å². The number of carboxylic acid groups (broad SMARTS) is 1. The van der Waals surface area contributed by atoms with Crippen LogP contribution in [0.15, 0.2) is 23.9 Å². The molecule has 0 aliphatic carbocycles. The second kappa shape index (κ2) is 2.35. The van der Waals surface area contributed by atoms with Crippen LogP contribution in [0, 0.1) is 0 Å². The quantitative estimate of drug-likeness (QED) is 0.458. The number of nitrogens with one attached hydrogen (secondary N) is 1. The van der Waals surface area contributed by atoms with Crippen molar-refractivity contribution in [2.75, 3.05) is 0 Å². The highest BCUT2D eigenvalue weighted by Crippen LogP contribution is 2.11. The van der Waals surface area contributed by atoms with Crippen LogP contribution in [0.5, 0.6) is 0 Å². The van der Waals surface area contributed by atoms with Crippen LogP contribution in [-0.2, 0) is 4.79 Å². The van der Waals surface area contributed by atoms with E-state index in [4.69, 9.17) is 10.8 Å². The summed E-state index contributed by atoms with van der Waals surface area (Å²) in [5.41, 5.74) is 4.78. The number of halogens is 1. The molecule has 5 heteroatoms. The normalized spacial score (nSPS) is 29.1. The number of hydrogen-bond acceptors (Lipinski definition) is 3. The highest BCUT2D eigenvalue weighted by atomic mass is 19.1. The second-order valence-corrected chi connectivity index (χ2v) is 2.15. The first-order chi connectivity index (χ1) is 5.01. The summed E-state index contributed by atoms with van der Waals surface area (Å²) in [5.74, 6) is -3.45. The van der Waals surface area contributed by atoms with E-state index in [1.54, 1.807) is 0 Å². The summed E-state index contributed by atoms with van der Waals surface area (Å²) < 4.78 is 12.8. The number of carboxylic acids is 1. The molecular formula is C6H7FN2O2. The third-order valence-electron chi connectivity index (χ3n) is 1.18. The number of alkyl halides is 1. The van der Waals surface area contributed by atoms with Crippen LogP contribution in [0.4, 0.5) is 4.39 Å². The zero-order chi connectivity index (χ0) is 8.48. The Morgan fingerprint density at radius 3 is 2.82 bits per heavy atom. The molecule has 0 spiro atoms. The molecule has 0 saturated carbocycles. The molecule has 1 unspecified atom stereocenters. The number of hydrogen-bond donors (Lipinski definition) is 3. The molecule has 4 nitrogen and oxygen atoms in total. The van der Waals surface area contributed by atoms with Crippen molar-refractivity contribution in [2.24, 2.45) is 5.73 Å². The zero-order valence-electron chi connectivity index (χ0n) is 5.54. The number of dihydropyridines is 1. The van der Waals surface area contributed by atoms with E-state index in [1.807, 2.05) is 0 Å². The number of carbonyl (C=O) groups is 1. The van der Waals surface area contributed by atoms with Gasteiger partial charge in [0.05, 0.1) is 5.57 Å². The largest absolute Gasteiger partial charge is 0.478 e. The monoisotopic (exact) mass is 158 g/mol. The maximum absolute atomic E-state index is 12.8. The lowest BCUT2D eigenvalue weighted by atomic mass is 10.2. The molecule has 1 aliphatic rings. The van der Waals surface area contributed by atoms with Gasteiger partial charge in [0.25, 0.3) is 5.92 Å². The van der Waals surface area contributed by atoms with Gasteiger partial charge in [0.15, 0.2) is 0 Å². The Morgan fingerprint density at radius 2 is 2.45 bits per heavy atom. The lowest BCUT2D eigenvalue weighted by Gasteiger charge is -2.19. The Balaban J connectivity index is 2.89. The summed E-state index contributed by atoms with van der Waals surface area (Å²) in [6, 6.07) is 0. The van der Waals surface area contributed by atoms with Gasteiger partial charge in [0.1, 0.15) is 0 Å². The van der Waals surface area contributed by atoms with Crippen molar-refractivity contribution >= 4 is 5.97 Å². The van der Waals surface area contributed by atoms with Crippen molar-refractivity contribution in [3.63, 3.8) is 0 Å². The van der Waals surface area contributed by atoms with Gasteiger partial charge in [-0.2, -0.15) is 4.39 Å². The fourth-order valence-corrected chi connectivity index (χ4v) is 0.708. The van der Waals surface area contributed by atoms with Crippen molar-refractivity contribution in [1.82, 2.24) is 5.32 Å². The molecule has 11 heavy (non-hydrogen) atoms. The maximum atomic E-state index is 12.8. The van der Waals surface area contributed by atoms with Crippen molar-refractivity contribution in [2.45, 2.75) is 5.92 Å². The Bertz CT molecular complexity index is 245. The third kappa shape index (κ3) is 1.78. The van der Waals surface area contributed by atoms with Crippen molar-refractivity contribution in [3.05, 3.63) is 23.9 Å². The van der Waals surface area contributed by atoms with Gasteiger partial charge in [-0.05, 0) is 6.08 Å². The van der Waals surface area contributed by atoms with Crippen LogP contribution in [0.1, 0.15) is 0 Å². The van der Waals surface area contributed by atoms with E-state index < -0.39 is 11.9 Å². The average molecular weight is 158 g/mol. The van der Waals surface area contributed by atoms with Crippen molar-refractivity contribution in [3.8, 4) is 0 Å². The van der Waals surface area contributed by atoms with Crippen LogP contribution >= 0.6 is 0 Å². The highest BCUT2D eigenvalue weighted by molar-refractivity contribution is 5.90. The number of rotatable bonds is 1. The molecule has 0 aromatic carbocycles. The summed E-state index contributed by atoms with van der Waals surface area (Å²) >= 11 is 0. The molecule has 1 aliphatic heterocycles.